The second-order valence-electron chi connectivity index (χ2n) is 4.91. The van der Waals surface area contributed by atoms with Crippen LogP contribution in [0.4, 0.5) is 0 Å². The number of likely N-dealkylation sites (N-methyl/N-ethyl adjacent to an activating group) is 1. The topological polar surface area (TPSA) is 21.3 Å². The van der Waals surface area contributed by atoms with Crippen LogP contribution in [0.3, 0.4) is 0 Å². The average molecular weight is 233 g/mol. The van der Waals surface area contributed by atoms with Crippen molar-refractivity contribution >= 4 is 0 Å². The highest BCUT2D eigenvalue weighted by Gasteiger charge is 2.26. The van der Waals surface area contributed by atoms with Gasteiger partial charge in [0.2, 0.25) is 0 Å². The van der Waals surface area contributed by atoms with Gasteiger partial charge in [0, 0.05) is 6.04 Å². The van der Waals surface area contributed by atoms with Crippen molar-refractivity contribution in [1.82, 2.24) is 5.32 Å². The minimum Gasteiger partial charge on any atom is -0.497 e. The SMILES string of the molecule is CCNC(Cc1cccc(OC)c1)C1CCC1. The molecule has 0 saturated heterocycles. The van der Waals surface area contributed by atoms with Crippen LogP contribution in [0, 0.1) is 5.92 Å². The van der Waals surface area contributed by atoms with Gasteiger partial charge in [-0.1, -0.05) is 25.5 Å². The van der Waals surface area contributed by atoms with Gasteiger partial charge in [-0.25, -0.2) is 0 Å². The van der Waals surface area contributed by atoms with Crippen molar-refractivity contribution in [2.75, 3.05) is 13.7 Å². The number of nitrogens with one attached hydrogen (secondary N) is 1. The predicted octanol–water partition coefficient (Wildman–Crippen LogP) is 3.02. The molecule has 0 spiro atoms. The molecule has 0 aromatic heterocycles. The van der Waals surface area contributed by atoms with Crippen LogP contribution in [0.2, 0.25) is 0 Å². The maximum absolute atomic E-state index is 5.28. The van der Waals surface area contributed by atoms with Gasteiger partial charge < -0.3 is 10.1 Å². The van der Waals surface area contributed by atoms with Crippen LogP contribution in [-0.4, -0.2) is 19.7 Å². The molecular formula is C15H23NO. The summed E-state index contributed by atoms with van der Waals surface area (Å²) in [5.41, 5.74) is 1.38. The van der Waals surface area contributed by atoms with Crippen LogP contribution < -0.4 is 10.1 Å². The van der Waals surface area contributed by atoms with Gasteiger partial charge in [0.1, 0.15) is 5.75 Å². The zero-order valence-corrected chi connectivity index (χ0v) is 10.9. The molecule has 0 bridgehead atoms. The first-order valence-electron chi connectivity index (χ1n) is 6.69. The summed E-state index contributed by atoms with van der Waals surface area (Å²) in [4.78, 5) is 0. The molecular weight excluding hydrogens is 210 g/mol. The molecule has 94 valence electrons. The summed E-state index contributed by atoms with van der Waals surface area (Å²) in [6, 6.07) is 9.09. The standard InChI is InChI=1S/C15H23NO/c1-3-16-15(13-7-5-8-13)11-12-6-4-9-14(10-12)17-2/h4,6,9-10,13,15-16H,3,5,7-8,11H2,1-2H3. The van der Waals surface area contributed by atoms with Gasteiger partial charge in [0.15, 0.2) is 0 Å². The first-order chi connectivity index (χ1) is 8.33. The smallest absolute Gasteiger partial charge is 0.119 e. The van der Waals surface area contributed by atoms with Crippen molar-refractivity contribution in [3.63, 3.8) is 0 Å². The van der Waals surface area contributed by atoms with Gasteiger partial charge in [-0.05, 0) is 49.4 Å². The van der Waals surface area contributed by atoms with Crippen LogP contribution in [0.15, 0.2) is 24.3 Å². The van der Waals surface area contributed by atoms with Crippen LogP contribution in [0.5, 0.6) is 5.75 Å². The third-order valence-electron chi connectivity index (χ3n) is 3.77. The molecule has 0 heterocycles. The van der Waals surface area contributed by atoms with E-state index in [1.807, 2.05) is 6.07 Å². The van der Waals surface area contributed by atoms with Crippen molar-refractivity contribution < 1.29 is 4.74 Å². The Bertz CT molecular complexity index is 347. The third kappa shape index (κ3) is 3.22. The fourth-order valence-corrected chi connectivity index (χ4v) is 2.56. The fourth-order valence-electron chi connectivity index (χ4n) is 2.56. The third-order valence-corrected chi connectivity index (χ3v) is 3.77. The Morgan fingerprint density at radius 1 is 1.41 bits per heavy atom. The normalized spacial score (nSPS) is 17.5. The Morgan fingerprint density at radius 2 is 2.24 bits per heavy atom. The van der Waals surface area contributed by atoms with Crippen LogP contribution in [-0.2, 0) is 6.42 Å². The molecule has 17 heavy (non-hydrogen) atoms. The molecule has 2 rings (SSSR count). The molecule has 1 N–H and O–H groups in total. The Hall–Kier alpha value is -1.02. The maximum Gasteiger partial charge on any atom is 0.119 e. The van der Waals surface area contributed by atoms with Gasteiger partial charge in [-0.2, -0.15) is 0 Å². The summed E-state index contributed by atoms with van der Waals surface area (Å²) in [7, 11) is 1.73. The molecule has 1 aromatic rings. The van der Waals surface area contributed by atoms with Gasteiger partial charge in [-0.15, -0.1) is 0 Å². The summed E-state index contributed by atoms with van der Waals surface area (Å²) in [5.74, 6) is 1.84. The lowest BCUT2D eigenvalue weighted by Crippen LogP contribution is -2.41. The quantitative estimate of drug-likeness (QED) is 0.815. The Balaban J connectivity index is 2.00. The molecule has 1 aromatic carbocycles. The van der Waals surface area contributed by atoms with Crippen LogP contribution in [0.25, 0.3) is 0 Å². The summed E-state index contributed by atoms with van der Waals surface area (Å²) in [6.07, 6.45) is 5.31. The minimum absolute atomic E-state index is 0.640. The molecule has 0 amide bonds. The largest absolute Gasteiger partial charge is 0.497 e. The molecule has 2 nitrogen and oxygen atoms in total. The van der Waals surface area contributed by atoms with E-state index in [1.165, 1.54) is 24.8 Å². The van der Waals surface area contributed by atoms with Gasteiger partial charge in [-0.3, -0.25) is 0 Å². The van der Waals surface area contributed by atoms with E-state index in [-0.39, 0.29) is 0 Å². The molecule has 1 aliphatic carbocycles. The summed E-state index contributed by atoms with van der Waals surface area (Å²) in [6.45, 7) is 3.25. The van der Waals surface area contributed by atoms with E-state index in [0.717, 1.165) is 24.6 Å². The number of hydrogen-bond acceptors (Lipinski definition) is 2. The Labute approximate surface area is 104 Å². The molecule has 0 radical (unpaired) electrons. The van der Waals surface area contributed by atoms with E-state index in [2.05, 4.69) is 30.4 Å². The predicted molar refractivity (Wildman–Crippen MR) is 71.5 cm³/mol. The summed E-state index contributed by atoms with van der Waals surface area (Å²) >= 11 is 0. The lowest BCUT2D eigenvalue weighted by Gasteiger charge is -2.34. The van der Waals surface area contributed by atoms with Gasteiger partial charge in [0.05, 0.1) is 7.11 Å². The van der Waals surface area contributed by atoms with Crippen molar-refractivity contribution in [3.8, 4) is 5.75 Å². The summed E-state index contributed by atoms with van der Waals surface area (Å²) < 4.78 is 5.28. The molecule has 2 heteroatoms. The van der Waals surface area contributed by atoms with Gasteiger partial charge >= 0.3 is 0 Å². The van der Waals surface area contributed by atoms with E-state index >= 15 is 0 Å². The van der Waals surface area contributed by atoms with E-state index in [4.69, 9.17) is 4.74 Å². The Morgan fingerprint density at radius 3 is 2.82 bits per heavy atom. The number of methoxy groups -OCH3 is 1. The highest BCUT2D eigenvalue weighted by molar-refractivity contribution is 5.29. The fraction of sp³-hybridized carbons (Fsp3) is 0.600. The van der Waals surface area contributed by atoms with E-state index in [0.29, 0.717) is 6.04 Å². The Kier molecular flexibility index (Phi) is 4.43. The van der Waals surface area contributed by atoms with Crippen molar-refractivity contribution in [3.05, 3.63) is 29.8 Å². The number of hydrogen-bond donors (Lipinski definition) is 1. The van der Waals surface area contributed by atoms with E-state index < -0.39 is 0 Å². The molecule has 1 unspecified atom stereocenters. The first-order valence-corrected chi connectivity index (χ1v) is 6.69. The maximum atomic E-state index is 5.28. The minimum atomic E-state index is 0.640. The summed E-state index contributed by atoms with van der Waals surface area (Å²) in [5, 5.41) is 3.63. The first kappa shape index (κ1) is 12.4. The van der Waals surface area contributed by atoms with Crippen LogP contribution in [0.1, 0.15) is 31.7 Å². The van der Waals surface area contributed by atoms with Crippen molar-refractivity contribution in [1.29, 1.82) is 0 Å². The van der Waals surface area contributed by atoms with Gasteiger partial charge in [0.25, 0.3) is 0 Å². The lowest BCUT2D eigenvalue weighted by molar-refractivity contribution is 0.229. The van der Waals surface area contributed by atoms with E-state index in [1.54, 1.807) is 7.11 Å². The number of ether oxygens (including phenoxy) is 1. The number of rotatable bonds is 6. The average Bonchev–Trinajstić information content (AvgIpc) is 2.27. The molecule has 1 saturated carbocycles. The second-order valence-corrected chi connectivity index (χ2v) is 4.91. The molecule has 1 fully saturated rings. The zero-order chi connectivity index (χ0) is 12.1. The highest BCUT2D eigenvalue weighted by atomic mass is 16.5. The molecule has 1 atom stereocenters. The highest BCUT2D eigenvalue weighted by Crippen LogP contribution is 2.31. The molecule has 1 aliphatic rings. The van der Waals surface area contributed by atoms with Crippen LogP contribution >= 0.6 is 0 Å². The van der Waals surface area contributed by atoms with E-state index in [9.17, 15) is 0 Å². The van der Waals surface area contributed by atoms with Crippen molar-refractivity contribution in [2.45, 2.75) is 38.6 Å². The molecule has 0 aliphatic heterocycles. The lowest BCUT2D eigenvalue weighted by atomic mass is 9.77. The number of benzene rings is 1. The second kappa shape index (κ2) is 6.06. The van der Waals surface area contributed by atoms with Crippen molar-refractivity contribution in [2.24, 2.45) is 5.92 Å². The monoisotopic (exact) mass is 233 g/mol. The zero-order valence-electron chi connectivity index (χ0n) is 10.9.